The first kappa shape index (κ1) is 14.1. The molecule has 1 aliphatic rings. The summed E-state index contributed by atoms with van der Waals surface area (Å²) in [6.07, 6.45) is 6.25. The molecule has 0 radical (unpaired) electrons. The third-order valence-electron chi connectivity index (χ3n) is 3.49. The van der Waals surface area contributed by atoms with Crippen LogP contribution in [0.25, 0.3) is 11.5 Å². The molecule has 0 unspecified atom stereocenters. The van der Waals surface area contributed by atoms with E-state index in [1.807, 2.05) is 24.3 Å². The third-order valence-corrected chi connectivity index (χ3v) is 4.41. The summed E-state index contributed by atoms with van der Waals surface area (Å²) in [5, 5.41) is 12.0. The van der Waals surface area contributed by atoms with Gasteiger partial charge in [0.1, 0.15) is 10.7 Å². The highest BCUT2D eigenvalue weighted by molar-refractivity contribution is 7.99. The van der Waals surface area contributed by atoms with Crippen LogP contribution in [-0.2, 0) is 4.79 Å². The first-order valence-electron chi connectivity index (χ1n) is 7.11. The van der Waals surface area contributed by atoms with Crippen molar-refractivity contribution in [1.29, 1.82) is 0 Å². The number of nitrogens with zero attached hydrogens (tertiary/aromatic N) is 2. The van der Waals surface area contributed by atoms with Crippen molar-refractivity contribution in [1.82, 2.24) is 15.5 Å². The van der Waals surface area contributed by atoms with Crippen LogP contribution in [-0.4, -0.2) is 27.9 Å². The van der Waals surface area contributed by atoms with E-state index < -0.39 is 0 Å². The van der Waals surface area contributed by atoms with Gasteiger partial charge in [0, 0.05) is 6.04 Å². The van der Waals surface area contributed by atoms with Crippen LogP contribution in [0, 0.1) is 0 Å². The van der Waals surface area contributed by atoms with E-state index in [4.69, 9.17) is 4.42 Å². The molecule has 21 heavy (non-hydrogen) atoms. The van der Waals surface area contributed by atoms with Gasteiger partial charge in [-0.2, -0.15) is 0 Å². The lowest BCUT2D eigenvalue weighted by atomic mass is 10.2. The molecular weight excluding hydrogens is 286 g/mol. The van der Waals surface area contributed by atoms with Gasteiger partial charge in [-0.05, 0) is 37.1 Å². The maximum Gasteiger partial charge on any atom is 0.230 e. The van der Waals surface area contributed by atoms with Gasteiger partial charge in [0.2, 0.25) is 5.91 Å². The summed E-state index contributed by atoms with van der Waals surface area (Å²) in [5.74, 6) is 1.15. The molecule has 0 aromatic carbocycles. The lowest BCUT2D eigenvalue weighted by Crippen LogP contribution is -2.33. The smallest absolute Gasteiger partial charge is 0.230 e. The fraction of sp³-hybridized carbons (Fsp3) is 0.400. The monoisotopic (exact) mass is 303 g/mol. The van der Waals surface area contributed by atoms with Crippen LogP contribution in [0.5, 0.6) is 0 Å². The average Bonchev–Trinajstić information content (AvgIpc) is 3.19. The van der Waals surface area contributed by atoms with E-state index in [-0.39, 0.29) is 5.91 Å². The molecule has 6 heteroatoms. The van der Waals surface area contributed by atoms with Gasteiger partial charge >= 0.3 is 0 Å². The first-order chi connectivity index (χ1) is 10.3. The summed E-state index contributed by atoms with van der Waals surface area (Å²) in [4.78, 5) is 11.8. The number of carbonyl (C=O) groups is 1. The Kier molecular flexibility index (Phi) is 4.55. The summed E-state index contributed by atoms with van der Waals surface area (Å²) < 4.78 is 5.26. The number of furan rings is 1. The van der Waals surface area contributed by atoms with E-state index in [1.54, 1.807) is 6.26 Å². The van der Waals surface area contributed by atoms with Crippen molar-refractivity contribution in [2.24, 2.45) is 0 Å². The summed E-state index contributed by atoms with van der Waals surface area (Å²) in [7, 11) is 0. The maximum absolute atomic E-state index is 11.8. The Balaban J connectivity index is 1.50. The number of hydrogen-bond acceptors (Lipinski definition) is 5. The number of aromatic nitrogens is 2. The summed E-state index contributed by atoms with van der Waals surface area (Å²) in [6.45, 7) is 0. The van der Waals surface area contributed by atoms with E-state index in [2.05, 4.69) is 15.5 Å². The highest BCUT2D eigenvalue weighted by Crippen LogP contribution is 2.21. The molecule has 2 aromatic heterocycles. The van der Waals surface area contributed by atoms with E-state index in [9.17, 15) is 4.79 Å². The zero-order valence-electron chi connectivity index (χ0n) is 11.6. The minimum atomic E-state index is 0.0730. The zero-order chi connectivity index (χ0) is 14.5. The van der Waals surface area contributed by atoms with Crippen LogP contribution in [0.15, 0.2) is 40.0 Å². The Morgan fingerprint density at radius 2 is 2.14 bits per heavy atom. The van der Waals surface area contributed by atoms with Gasteiger partial charge in [-0.1, -0.05) is 24.6 Å². The topological polar surface area (TPSA) is 68.0 Å². The number of carbonyl (C=O) groups excluding carboxylic acids is 1. The highest BCUT2D eigenvalue weighted by atomic mass is 32.2. The first-order valence-corrected chi connectivity index (χ1v) is 8.09. The molecule has 1 saturated carbocycles. The van der Waals surface area contributed by atoms with Crippen molar-refractivity contribution in [3.05, 3.63) is 30.5 Å². The minimum absolute atomic E-state index is 0.0730. The van der Waals surface area contributed by atoms with Gasteiger partial charge in [-0.15, -0.1) is 10.2 Å². The number of amides is 1. The van der Waals surface area contributed by atoms with Crippen molar-refractivity contribution < 1.29 is 9.21 Å². The Bertz CT molecular complexity index is 577. The van der Waals surface area contributed by atoms with Crippen molar-refractivity contribution >= 4 is 17.7 Å². The van der Waals surface area contributed by atoms with Gasteiger partial charge in [0.05, 0.1) is 12.0 Å². The molecule has 2 heterocycles. The van der Waals surface area contributed by atoms with Gasteiger partial charge in [-0.3, -0.25) is 4.79 Å². The van der Waals surface area contributed by atoms with Crippen LogP contribution in [0.4, 0.5) is 0 Å². The van der Waals surface area contributed by atoms with Crippen molar-refractivity contribution in [2.75, 3.05) is 5.75 Å². The van der Waals surface area contributed by atoms with Crippen LogP contribution < -0.4 is 5.32 Å². The molecule has 2 aromatic rings. The van der Waals surface area contributed by atoms with Gasteiger partial charge in [0.15, 0.2) is 5.76 Å². The number of thioether (sulfide) groups is 1. The Morgan fingerprint density at radius 1 is 1.29 bits per heavy atom. The van der Waals surface area contributed by atoms with E-state index >= 15 is 0 Å². The second-order valence-electron chi connectivity index (χ2n) is 5.07. The van der Waals surface area contributed by atoms with Crippen LogP contribution in [0.3, 0.4) is 0 Å². The molecule has 0 spiro atoms. The molecular formula is C15H17N3O2S. The molecule has 1 fully saturated rings. The van der Waals surface area contributed by atoms with Crippen molar-refractivity contribution in [3.63, 3.8) is 0 Å². The van der Waals surface area contributed by atoms with E-state index in [0.717, 1.165) is 17.9 Å². The molecule has 0 saturated heterocycles. The number of rotatable bonds is 5. The van der Waals surface area contributed by atoms with Gasteiger partial charge in [0.25, 0.3) is 0 Å². The predicted octanol–water partition coefficient (Wildman–Crippen LogP) is 2.89. The Hall–Kier alpha value is -1.82. The Morgan fingerprint density at radius 3 is 2.81 bits per heavy atom. The highest BCUT2D eigenvalue weighted by Gasteiger charge is 2.17. The standard InChI is InChI=1S/C15H17N3O2S/c19-14(16-11-4-1-2-5-11)10-21-15-8-7-12(17-18-15)13-6-3-9-20-13/h3,6-9,11H,1-2,4-5,10H2,(H,16,19). The summed E-state index contributed by atoms with van der Waals surface area (Å²) in [6, 6.07) is 7.73. The quantitative estimate of drug-likeness (QED) is 0.860. The van der Waals surface area contributed by atoms with Crippen molar-refractivity contribution in [3.8, 4) is 11.5 Å². The molecule has 1 N–H and O–H groups in total. The van der Waals surface area contributed by atoms with Crippen LogP contribution in [0.2, 0.25) is 0 Å². The molecule has 0 aliphatic heterocycles. The van der Waals surface area contributed by atoms with Crippen molar-refractivity contribution in [2.45, 2.75) is 36.8 Å². The minimum Gasteiger partial charge on any atom is -0.463 e. The average molecular weight is 303 g/mol. The predicted molar refractivity (Wildman–Crippen MR) is 80.9 cm³/mol. The third kappa shape index (κ3) is 3.85. The zero-order valence-corrected chi connectivity index (χ0v) is 12.4. The SMILES string of the molecule is O=C(CSc1ccc(-c2ccco2)nn1)NC1CCCC1. The fourth-order valence-electron chi connectivity index (χ4n) is 2.43. The number of hydrogen-bond donors (Lipinski definition) is 1. The lowest BCUT2D eigenvalue weighted by Gasteiger charge is -2.11. The van der Waals surface area contributed by atoms with E-state index in [0.29, 0.717) is 23.2 Å². The second kappa shape index (κ2) is 6.76. The Labute approximate surface area is 127 Å². The lowest BCUT2D eigenvalue weighted by molar-refractivity contribution is -0.119. The van der Waals surface area contributed by atoms with Gasteiger partial charge in [-0.25, -0.2) is 0 Å². The molecule has 3 rings (SSSR count). The normalized spacial score (nSPS) is 15.2. The number of nitrogens with one attached hydrogen (secondary N) is 1. The summed E-state index contributed by atoms with van der Waals surface area (Å²) >= 11 is 1.40. The van der Waals surface area contributed by atoms with Crippen LogP contribution in [0.1, 0.15) is 25.7 Å². The maximum atomic E-state index is 11.8. The molecule has 110 valence electrons. The fourth-order valence-corrected chi connectivity index (χ4v) is 3.06. The largest absolute Gasteiger partial charge is 0.463 e. The second-order valence-corrected chi connectivity index (χ2v) is 6.07. The molecule has 5 nitrogen and oxygen atoms in total. The summed E-state index contributed by atoms with van der Waals surface area (Å²) in [5.41, 5.74) is 0.694. The molecule has 0 bridgehead atoms. The molecule has 1 amide bonds. The molecule has 0 atom stereocenters. The van der Waals surface area contributed by atoms with E-state index in [1.165, 1.54) is 24.6 Å². The molecule has 1 aliphatic carbocycles. The van der Waals surface area contributed by atoms with Gasteiger partial charge < -0.3 is 9.73 Å². The van der Waals surface area contributed by atoms with Crippen LogP contribution >= 0.6 is 11.8 Å².